The maximum absolute atomic E-state index is 14.0. The number of carbonyl (C=O) groups excluding carboxylic acids is 1. The number of hydrogen-bond donors (Lipinski definition) is 0. The van der Waals surface area contributed by atoms with Crippen LogP contribution in [-0.2, 0) is 16.1 Å². The second kappa shape index (κ2) is 5.30. The first-order chi connectivity index (χ1) is 10.5. The molecule has 1 aliphatic carbocycles. The molecule has 0 spiro atoms. The smallest absolute Gasteiger partial charge is 0.310 e. The van der Waals surface area contributed by atoms with E-state index >= 15 is 0 Å². The van der Waals surface area contributed by atoms with Crippen LogP contribution >= 0.6 is 0 Å². The van der Waals surface area contributed by atoms with E-state index < -0.39 is 35.6 Å². The van der Waals surface area contributed by atoms with Gasteiger partial charge in [-0.3, -0.25) is 4.79 Å². The van der Waals surface area contributed by atoms with E-state index in [0.29, 0.717) is 0 Å². The third-order valence-corrected chi connectivity index (χ3v) is 5.44. The topological polar surface area (TPSA) is 26.3 Å². The fourth-order valence-corrected chi connectivity index (χ4v) is 3.13. The zero-order valence-corrected chi connectivity index (χ0v) is 13.8. The highest BCUT2D eigenvalue weighted by molar-refractivity contribution is 5.78. The van der Waals surface area contributed by atoms with Gasteiger partial charge in [0.25, 0.3) is 0 Å². The summed E-state index contributed by atoms with van der Waals surface area (Å²) in [6, 6.07) is 0. The average Bonchev–Trinajstić information content (AvgIpc) is 2.87. The summed E-state index contributed by atoms with van der Waals surface area (Å²) in [7, 11) is 0. The van der Waals surface area contributed by atoms with Crippen LogP contribution in [0.1, 0.15) is 44.4 Å². The Morgan fingerprint density at radius 1 is 1.13 bits per heavy atom. The van der Waals surface area contributed by atoms with Crippen molar-refractivity contribution >= 4 is 5.97 Å². The summed E-state index contributed by atoms with van der Waals surface area (Å²) in [4.78, 5) is 12.2. The van der Waals surface area contributed by atoms with Crippen LogP contribution in [0.2, 0.25) is 0 Å². The van der Waals surface area contributed by atoms with Crippen LogP contribution in [0, 0.1) is 53.5 Å². The summed E-state index contributed by atoms with van der Waals surface area (Å²) >= 11 is 0. The summed E-state index contributed by atoms with van der Waals surface area (Å²) in [5, 5.41) is 0. The van der Waals surface area contributed by atoms with Crippen molar-refractivity contribution in [3.05, 3.63) is 34.1 Å². The van der Waals surface area contributed by atoms with E-state index in [1.165, 1.54) is 6.92 Å². The normalized spacial score (nSPS) is 18.4. The summed E-state index contributed by atoms with van der Waals surface area (Å²) in [5.74, 6) is -2.77. The second-order valence-electron chi connectivity index (χ2n) is 7.05. The number of hydrogen-bond acceptors (Lipinski definition) is 2. The highest BCUT2D eigenvalue weighted by Gasteiger charge is 2.69. The van der Waals surface area contributed by atoms with Crippen LogP contribution < -0.4 is 0 Å². The molecule has 23 heavy (non-hydrogen) atoms. The first-order valence-corrected chi connectivity index (χ1v) is 7.27. The van der Waals surface area contributed by atoms with E-state index in [4.69, 9.17) is 11.2 Å². The molecular formula is C18H19F3O2. The maximum Gasteiger partial charge on any atom is 0.310 e. The molecule has 0 unspecified atom stereocenters. The van der Waals surface area contributed by atoms with Gasteiger partial charge in [0.15, 0.2) is 11.6 Å². The van der Waals surface area contributed by atoms with E-state index in [9.17, 15) is 18.0 Å². The van der Waals surface area contributed by atoms with E-state index in [1.54, 1.807) is 5.92 Å². The molecule has 1 aliphatic rings. The molecule has 0 atom stereocenters. The number of carbonyl (C=O) groups is 1. The van der Waals surface area contributed by atoms with Gasteiger partial charge in [-0.1, -0.05) is 33.6 Å². The zero-order valence-electron chi connectivity index (χ0n) is 13.8. The molecule has 0 saturated heterocycles. The van der Waals surface area contributed by atoms with Gasteiger partial charge in [-0.25, -0.2) is 13.2 Å². The minimum Gasteiger partial charge on any atom is -0.460 e. The molecule has 1 saturated carbocycles. The number of halogens is 3. The van der Waals surface area contributed by atoms with Crippen molar-refractivity contribution in [1.82, 2.24) is 0 Å². The Morgan fingerprint density at radius 2 is 1.65 bits per heavy atom. The van der Waals surface area contributed by atoms with Crippen LogP contribution in [0.15, 0.2) is 0 Å². The first kappa shape index (κ1) is 17.4. The van der Waals surface area contributed by atoms with Crippen molar-refractivity contribution in [2.75, 3.05) is 0 Å². The molecule has 0 heterocycles. The van der Waals surface area contributed by atoms with Crippen molar-refractivity contribution in [2.45, 2.75) is 41.2 Å². The summed E-state index contributed by atoms with van der Waals surface area (Å²) in [6.07, 6.45) is 4.99. The maximum atomic E-state index is 14.0. The van der Waals surface area contributed by atoms with E-state index in [1.807, 2.05) is 27.7 Å². The summed E-state index contributed by atoms with van der Waals surface area (Å²) < 4.78 is 46.8. The molecule has 124 valence electrons. The molecule has 1 aromatic carbocycles. The number of esters is 1. The van der Waals surface area contributed by atoms with Gasteiger partial charge in [0.05, 0.1) is 11.5 Å². The highest BCUT2D eigenvalue weighted by Crippen LogP contribution is 2.68. The minimum absolute atomic E-state index is 0.154. The quantitative estimate of drug-likeness (QED) is 0.475. The van der Waals surface area contributed by atoms with Gasteiger partial charge in [0.2, 0.25) is 0 Å². The predicted molar refractivity (Wildman–Crippen MR) is 79.8 cm³/mol. The van der Waals surface area contributed by atoms with E-state index in [-0.39, 0.29) is 27.9 Å². The zero-order chi connectivity index (χ0) is 17.7. The van der Waals surface area contributed by atoms with Gasteiger partial charge in [0, 0.05) is 5.56 Å². The molecule has 0 amide bonds. The Kier molecular flexibility index (Phi) is 4.00. The highest BCUT2D eigenvalue weighted by atomic mass is 19.2. The van der Waals surface area contributed by atoms with E-state index in [0.717, 1.165) is 0 Å². The third kappa shape index (κ3) is 2.41. The lowest BCUT2D eigenvalue weighted by Gasteiger charge is -2.12. The molecule has 5 heteroatoms. The Morgan fingerprint density at radius 3 is 2.09 bits per heavy atom. The van der Waals surface area contributed by atoms with Crippen molar-refractivity contribution in [1.29, 1.82) is 0 Å². The van der Waals surface area contributed by atoms with Gasteiger partial charge in [-0.05, 0) is 23.3 Å². The second-order valence-corrected chi connectivity index (χ2v) is 7.05. The number of terminal acetylenes is 1. The molecule has 0 aromatic heterocycles. The van der Waals surface area contributed by atoms with Crippen LogP contribution in [-0.4, -0.2) is 5.97 Å². The van der Waals surface area contributed by atoms with Crippen LogP contribution in [0.4, 0.5) is 13.2 Å². The van der Waals surface area contributed by atoms with Crippen LogP contribution in [0.25, 0.3) is 0 Å². The SMILES string of the molecule is C#Cc1c(F)c(C)c(COC(=O)C2C(C)(C)C2(C)C)c(F)c1F. The molecule has 1 aromatic rings. The molecule has 1 fully saturated rings. The van der Waals surface area contributed by atoms with Crippen molar-refractivity contribution < 1.29 is 22.7 Å². The molecule has 0 bridgehead atoms. The fourth-order valence-electron chi connectivity index (χ4n) is 3.13. The van der Waals surface area contributed by atoms with Gasteiger partial charge in [-0.2, -0.15) is 0 Å². The Balaban J connectivity index is 2.23. The molecule has 0 aliphatic heterocycles. The Labute approximate surface area is 134 Å². The van der Waals surface area contributed by atoms with Crippen LogP contribution in [0.5, 0.6) is 0 Å². The van der Waals surface area contributed by atoms with Gasteiger partial charge < -0.3 is 4.74 Å². The lowest BCUT2D eigenvalue weighted by atomic mass is 10.0. The minimum atomic E-state index is -1.44. The number of rotatable bonds is 3. The molecule has 0 radical (unpaired) electrons. The Bertz CT molecular complexity index is 684. The van der Waals surface area contributed by atoms with Gasteiger partial charge in [0.1, 0.15) is 12.4 Å². The fraction of sp³-hybridized carbons (Fsp3) is 0.500. The standard InChI is InChI=1S/C18H19F3O2/c1-7-10-12(19)9(2)11(14(21)13(10)20)8-23-16(22)15-17(3,4)18(15,5)6/h1,15H,8H2,2-6H3. The molecule has 0 N–H and O–H groups in total. The third-order valence-electron chi connectivity index (χ3n) is 5.44. The molecular weight excluding hydrogens is 305 g/mol. The first-order valence-electron chi connectivity index (χ1n) is 7.27. The monoisotopic (exact) mass is 324 g/mol. The van der Waals surface area contributed by atoms with E-state index in [2.05, 4.69) is 0 Å². The van der Waals surface area contributed by atoms with Gasteiger partial charge >= 0.3 is 5.97 Å². The van der Waals surface area contributed by atoms with Crippen LogP contribution in [0.3, 0.4) is 0 Å². The lowest BCUT2D eigenvalue weighted by Crippen LogP contribution is -2.14. The number of benzene rings is 1. The summed E-state index contributed by atoms with van der Waals surface area (Å²) in [6.45, 7) is 8.49. The average molecular weight is 324 g/mol. The number of ether oxygens (including phenoxy) is 1. The molecule has 2 nitrogen and oxygen atoms in total. The van der Waals surface area contributed by atoms with Crippen molar-refractivity contribution in [2.24, 2.45) is 16.7 Å². The largest absolute Gasteiger partial charge is 0.460 e. The van der Waals surface area contributed by atoms with Crippen molar-refractivity contribution in [3.63, 3.8) is 0 Å². The lowest BCUT2D eigenvalue weighted by molar-refractivity contribution is -0.148. The Hall–Kier alpha value is -1.96. The van der Waals surface area contributed by atoms with Crippen molar-refractivity contribution in [3.8, 4) is 12.3 Å². The summed E-state index contributed by atoms with van der Waals surface area (Å²) in [5.41, 5.74) is -1.70. The van der Waals surface area contributed by atoms with Gasteiger partial charge in [-0.15, -0.1) is 6.42 Å². The molecule has 2 rings (SSSR count). The predicted octanol–water partition coefficient (Wildman–Crippen LogP) is 4.12.